The van der Waals surface area contributed by atoms with Crippen molar-refractivity contribution in [1.29, 1.82) is 0 Å². The highest BCUT2D eigenvalue weighted by atomic mass is 35.5. The van der Waals surface area contributed by atoms with E-state index in [0.717, 1.165) is 5.69 Å². The first-order valence-corrected chi connectivity index (χ1v) is 11.7. The van der Waals surface area contributed by atoms with Crippen molar-refractivity contribution in [2.45, 2.75) is 13.3 Å². The van der Waals surface area contributed by atoms with Crippen LogP contribution in [0.2, 0.25) is 5.15 Å². The number of aromatic nitrogens is 3. The van der Waals surface area contributed by atoms with Crippen molar-refractivity contribution in [3.8, 4) is 5.69 Å². The number of halogens is 1. The smallest absolute Gasteiger partial charge is 0.238 e. The average Bonchev–Trinajstić information content (AvgIpc) is 3.07. The van der Waals surface area contributed by atoms with Crippen LogP contribution in [0.3, 0.4) is 0 Å². The zero-order valence-electron chi connectivity index (χ0n) is 15.6. The van der Waals surface area contributed by atoms with Crippen molar-refractivity contribution in [2.75, 3.05) is 35.5 Å². The molecule has 1 amide bonds. The van der Waals surface area contributed by atoms with E-state index in [2.05, 4.69) is 10.1 Å². The Bertz CT molecular complexity index is 770. The number of hydrogen-bond acceptors (Lipinski definition) is 6. The number of nitrogens with zero attached hydrogens (tertiary/aromatic N) is 4. The standard InChI is InChI=1S/C18H23ClN4O2S2/c1-4-22(18(25)14(12-27-3)16(24)7-9-26-2)15-11-23(21-17(15)19)13-6-5-8-20-10-13/h5-6,8,10-11,14H,4,7,9,12H2,1-3H3. The van der Waals surface area contributed by atoms with E-state index < -0.39 is 5.92 Å². The first-order valence-electron chi connectivity index (χ1n) is 8.51. The summed E-state index contributed by atoms with van der Waals surface area (Å²) in [5.41, 5.74) is 1.24. The van der Waals surface area contributed by atoms with E-state index in [-0.39, 0.29) is 16.8 Å². The van der Waals surface area contributed by atoms with E-state index >= 15 is 0 Å². The maximum Gasteiger partial charge on any atom is 0.238 e. The van der Waals surface area contributed by atoms with E-state index in [1.165, 1.54) is 11.8 Å². The van der Waals surface area contributed by atoms with Crippen LogP contribution in [0, 0.1) is 5.92 Å². The molecular formula is C18H23ClN4O2S2. The molecule has 0 N–H and O–H groups in total. The maximum absolute atomic E-state index is 13.1. The zero-order valence-corrected chi connectivity index (χ0v) is 18.0. The number of carbonyl (C=O) groups excluding carboxylic acids is 2. The Balaban J connectivity index is 2.30. The number of rotatable bonds is 10. The molecule has 0 radical (unpaired) electrons. The van der Waals surface area contributed by atoms with Crippen molar-refractivity contribution in [2.24, 2.45) is 5.92 Å². The topological polar surface area (TPSA) is 68.1 Å². The Morgan fingerprint density at radius 3 is 2.70 bits per heavy atom. The molecule has 0 aliphatic heterocycles. The number of Topliss-reactive ketones (excluding diaryl/α,β-unsaturated/α-hetero) is 1. The van der Waals surface area contributed by atoms with Crippen LogP contribution in [0.5, 0.6) is 0 Å². The SMILES string of the molecule is CCN(C(=O)C(CSC)C(=O)CCSC)c1cn(-c2cccnc2)nc1Cl. The third kappa shape index (κ3) is 5.49. The third-order valence-electron chi connectivity index (χ3n) is 4.01. The number of hydrogen-bond donors (Lipinski definition) is 0. The lowest BCUT2D eigenvalue weighted by Crippen LogP contribution is -2.41. The van der Waals surface area contributed by atoms with Crippen molar-refractivity contribution >= 4 is 52.5 Å². The van der Waals surface area contributed by atoms with E-state index in [4.69, 9.17) is 11.6 Å². The summed E-state index contributed by atoms with van der Waals surface area (Å²) in [4.78, 5) is 31.3. The number of carbonyl (C=O) groups is 2. The molecule has 2 heterocycles. The van der Waals surface area contributed by atoms with Gasteiger partial charge in [-0.05, 0) is 37.3 Å². The summed E-state index contributed by atoms with van der Waals surface area (Å²) in [6, 6.07) is 3.65. The first kappa shape index (κ1) is 21.8. The second-order valence-electron chi connectivity index (χ2n) is 5.76. The molecule has 146 valence electrons. The molecule has 1 atom stereocenters. The molecule has 0 saturated carbocycles. The van der Waals surface area contributed by atoms with Gasteiger partial charge in [0.05, 0.1) is 18.1 Å². The monoisotopic (exact) mass is 426 g/mol. The molecule has 1 unspecified atom stereocenters. The van der Waals surface area contributed by atoms with Crippen molar-refractivity contribution in [1.82, 2.24) is 14.8 Å². The fraction of sp³-hybridized carbons (Fsp3) is 0.444. The Morgan fingerprint density at radius 2 is 2.11 bits per heavy atom. The lowest BCUT2D eigenvalue weighted by molar-refractivity contribution is -0.131. The number of pyridine rings is 1. The minimum Gasteiger partial charge on any atom is -0.308 e. The van der Waals surface area contributed by atoms with Crippen LogP contribution in [0.15, 0.2) is 30.7 Å². The van der Waals surface area contributed by atoms with Crippen LogP contribution in [0.1, 0.15) is 13.3 Å². The molecule has 0 aromatic carbocycles. The van der Waals surface area contributed by atoms with Crippen LogP contribution in [0.4, 0.5) is 5.69 Å². The van der Waals surface area contributed by atoms with E-state index in [1.54, 1.807) is 46.0 Å². The van der Waals surface area contributed by atoms with Gasteiger partial charge in [0.15, 0.2) is 5.15 Å². The quantitative estimate of drug-likeness (QED) is 0.541. The number of anilines is 1. The van der Waals surface area contributed by atoms with E-state index in [9.17, 15) is 9.59 Å². The third-order valence-corrected chi connectivity index (χ3v) is 5.56. The molecule has 0 aliphatic rings. The van der Waals surface area contributed by atoms with Gasteiger partial charge in [0.1, 0.15) is 17.4 Å². The van der Waals surface area contributed by atoms with Gasteiger partial charge < -0.3 is 4.90 Å². The zero-order chi connectivity index (χ0) is 19.8. The highest BCUT2D eigenvalue weighted by Gasteiger charge is 2.31. The van der Waals surface area contributed by atoms with Gasteiger partial charge >= 0.3 is 0 Å². The fourth-order valence-electron chi connectivity index (χ4n) is 2.62. The van der Waals surface area contributed by atoms with Crippen LogP contribution in [0.25, 0.3) is 5.69 Å². The molecule has 27 heavy (non-hydrogen) atoms. The van der Waals surface area contributed by atoms with Gasteiger partial charge in [-0.15, -0.1) is 0 Å². The fourth-order valence-corrected chi connectivity index (χ4v) is 3.92. The Hall–Kier alpha value is -1.51. The van der Waals surface area contributed by atoms with Gasteiger partial charge in [-0.1, -0.05) is 11.6 Å². The normalized spacial score (nSPS) is 12.0. The van der Waals surface area contributed by atoms with Crippen LogP contribution < -0.4 is 4.90 Å². The molecule has 0 aliphatic carbocycles. The molecule has 0 saturated heterocycles. The van der Waals surface area contributed by atoms with Crippen molar-refractivity contribution in [3.63, 3.8) is 0 Å². The molecule has 9 heteroatoms. The highest BCUT2D eigenvalue weighted by Crippen LogP contribution is 2.28. The average molecular weight is 427 g/mol. The van der Waals surface area contributed by atoms with Gasteiger partial charge in [0.25, 0.3) is 0 Å². The Morgan fingerprint density at radius 1 is 1.33 bits per heavy atom. The van der Waals surface area contributed by atoms with Crippen LogP contribution >= 0.6 is 35.1 Å². The predicted octanol–water partition coefficient (Wildman–Crippen LogP) is 3.58. The van der Waals surface area contributed by atoms with Gasteiger partial charge in [-0.2, -0.15) is 28.6 Å². The molecule has 0 fully saturated rings. The first-order chi connectivity index (χ1) is 13.0. The van der Waals surface area contributed by atoms with Gasteiger partial charge in [0.2, 0.25) is 5.91 Å². The summed E-state index contributed by atoms with van der Waals surface area (Å²) in [7, 11) is 0. The minimum absolute atomic E-state index is 0.0297. The lowest BCUT2D eigenvalue weighted by atomic mass is 10.0. The van der Waals surface area contributed by atoms with Gasteiger partial charge in [-0.25, -0.2) is 4.68 Å². The van der Waals surface area contributed by atoms with Crippen LogP contribution in [-0.2, 0) is 9.59 Å². The maximum atomic E-state index is 13.1. The van der Waals surface area contributed by atoms with Gasteiger partial charge in [0, 0.05) is 24.9 Å². The number of thioether (sulfide) groups is 2. The molecule has 6 nitrogen and oxygen atoms in total. The van der Waals surface area contributed by atoms with Gasteiger partial charge in [-0.3, -0.25) is 14.6 Å². The van der Waals surface area contributed by atoms with Crippen LogP contribution in [-0.4, -0.2) is 57.0 Å². The van der Waals surface area contributed by atoms with E-state index in [1.807, 2.05) is 25.5 Å². The summed E-state index contributed by atoms with van der Waals surface area (Å²) in [6.45, 7) is 2.26. The number of ketones is 1. The Kier molecular flexibility index (Phi) is 8.66. The summed E-state index contributed by atoms with van der Waals surface area (Å²) in [5.74, 6) is 0.230. The molecule has 2 rings (SSSR count). The minimum atomic E-state index is -0.676. The summed E-state index contributed by atoms with van der Waals surface area (Å²) in [6.07, 6.45) is 9.26. The molecule has 0 bridgehead atoms. The second kappa shape index (κ2) is 10.7. The predicted molar refractivity (Wildman–Crippen MR) is 114 cm³/mol. The number of amides is 1. The Labute approximate surface area is 173 Å². The summed E-state index contributed by atoms with van der Waals surface area (Å²) < 4.78 is 1.58. The van der Waals surface area contributed by atoms with Crippen molar-refractivity contribution in [3.05, 3.63) is 35.9 Å². The van der Waals surface area contributed by atoms with E-state index in [0.29, 0.717) is 30.2 Å². The molecule has 2 aromatic rings. The molecular weight excluding hydrogens is 404 g/mol. The lowest BCUT2D eigenvalue weighted by Gasteiger charge is -2.24. The highest BCUT2D eigenvalue weighted by molar-refractivity contribution is 7.98. The molecule has 2 aromatic heterocycles. The largest absolute Gasteiger partial charge is 0.308 e. The summed E-state index contributed by atoms with van der Waals surface area (Å²) in [5, 5.41) is 4.50. The van der Waals surface area contributed by atoms with Crippen molar-refractivity contribution < 1.29 is 9.59 Å². The molecule has 0 spiro atoms. The second-order valence-corrected chi connectivity index (χ2v) is 8.01. The summed E-state index contributed by atoms with van der Waals surface area (Å²) >= 11 is 9.41.